The molecule has 0 unspecified atom stereocenters. The molecule has 174 valence electrons. The van der Waals surface area contributed by atoms with E-state index in [0.717, 1.165) is 5.57 Å². The molecule has 3 aliphatic rings. The zero-order valence-corrected chi connectivity index (χ0v) is 19.3. The second-order valence-electron chi connectivity index (χ2n) is 9.20. The molecule has 6 atom stereocenters. The van der Waals surface area contributed by atoms with Crippen LogP contribution in [0.2, 0.25) is 0 Å². The molecule has 0 aromatic rings. The van der Waals surface area contributed by atoms with E-state index >= 15 is 0 Å². The Hall–Kier alpha value is -2.67. The van der Waals surface area contributed by atoms with E-state index in [1.165, 1.54) is 0 Å². The van der Waals surface area contributed by atoms with Crippen LogP contribution in [0.5, 0.6) is 0 Å². The van der Waals surface area contributed by atoms with Crippen molar-refractivity contribution in [3.8, 4) is 0 Å². The third-order valence-electron chi connectivity index (χ3n) is 7.34. The van der Waals surface area contributed by atoms with E-state index in [9.17, 15) is 19.5 Å². The van der Waals surface area contributed by atoms with Gasteiger partial charge in [0.2, 0.25) is 5.60 Å². The van der Waals surface area contributed by atoms with Gasteiger partial charge in [0, 0.05) is 28.4 Å². The molecule has 0 amide bonds. The van der Waals surface area contributed by atoms with Crippen molar-refractivity contribution in [2.45, 2.75) is 65.3 Å². The molecule has 0 aromatic heterocycles. The largest absolute Gasteiger partial charge is 0.459 e. The van der Waals surface area contributed by atoms with Crippen LogP contribution in [-0.2, 0) is 28.6 Å². The minimum atomic E-state index is -1.93. The van der Waals surface area contributed by atoms with E-state index in [2.05, 4.69) is 6.58 Å². The van der Waals surface area contributed by atoms with Gasteiger partial charge in [-0.05, 0) is 52.2 Å². The molecule has 0 bridgehead atoms. The molecule has 3 rings (SSSR count). The molecule has 0 radical (unpaired) electrons. The number of allylic oxidation sites excluding steroid dienone is 3. The number of rotatable bonds is 5. The summed E-state index contributed by atoms with van der Waals surface area (Å²) in [5.41, 5.74) is -0.835. The molecular formula is C25H32O7. The third kappa shape index (κ3) is 3.83. The molecule has 7 heteroatoms. The number of hydrogen-bond donors (Lipinski definition) is 1. The second-order valence-corrected chi connectivity index (χ2v) is 9.20. The topological polar surface area (TPSA) is 99.1 Å². The fourth-order valence-electron chi connectivity index (χ4n) is 4.99. The summed E-state index contributed by atoms with van der Waals surface area (Å²) in [4.78, 5) is 37.3. The van der Waals surface area contributed by atoms with Gasteiger partial charge in [-0.25, -0.2) is 14.4 Å². The first-order valence-electron chi connectivity index (χ1n) is 10.9. The van der Waals surface area contributed by atoms with Crippen LogP contribution in [-0.4, -0.2) is 47.4 Å². The molecule has 0 spiro atoms. The molecular weight excluding hydrogens is 412 g/mol. The first-order chi connectivity index (χ1) is 15.0. The number of hydrogen-bond acceptors (Lipinski definition) is 7. The van der Waals surface area contributed by atoms with Crippen LogP contribution in [0.4, 0.5) is 0 Å². The van der Waals surface area contributed by atoms with Crippen molar-refractivity contribution in [1.82, 2.24) is 0 Å². The lowest BCUT2D eigenvalue weighted by molar-refractivity contribution is -0.165. The number of fused-ring (bicyclic) bond motifs is 3. The van der Waals surface area contributed by atoms with Crippen LogP contribution in [0.25, 0.3) is 0 Å². The highest BCUT2D eigenvalue weighted by Crippen LogP contribution is 2.57. The summed E-state index contributed by atoms with van der Waals surface area (Å²) in [6.45, 7) is 12.4. The Balaban J connectivity index is 1.86. The first-order valence-corrected chi connectivity index (χ1v) is 10.9. The van der Waals surface area contributed by atoms with Gasteiger partial charge in [-0.2, -0.15) is 0 Å². The Morgan fingerprint density at radius 3 is 2.50 bits per heavy atom. The maximum Gasteiger partial charge on any atom is 0.342 e. The van der Waals surface area contributed by atoms with Crippen molar-refractivity contribution >= 4 is 17.9 Å². The Bertz CT molecular complexity index is 927. The van der Waals surface area contributed by atoms with Crippen LogP contribution in [0, 0.1) is 17.3 Å². The molecule has 7 nitrogen and oxygen atoms in total. The van der Waals surface area contributed by atoms with E-state index < -0.39 is 53.7 Å². The quantitative estimate of drug-likeness (QED) is 0.395. The predicted octanol–water partition coefficient (Wildman–Crippen LogP) is 3.19. The number of aliphatic hydroxyl groups is 1. The van der Waals surface area contributed by atoms with E-state index in [1.807, 2.05) is 13.0 Å². The zero-order chi connectivity index (χ0) is 23.8. The van der Waals surface area contributed by atoms with Crippen LogP contribution < -0.4 is 0 Å². The van der Waals surface area contributed by atoms with E-state index in [1.54, 1.807) is 45.9 Å². The summed E-state index contributed by atoms with van der Waals surface area (Å²) in [6, 6.07) is 0. The van der Waals surface area contributed by atoms with Crippen LogP contribution in [0.3, 0.4) is 0 Å². The summed E-state index contributed by atoms with van der Waals surface area (Å²) in [6.07, 6.45) is 6.73. The van der Waals surface area contributed by atoms with E-state index in [4.69, 9.17) is 14.2 Å². The lowest BCUT2D eigenvalue weighted by Gasteiger charge is -2.52. The zero-order valence-electron chi connectivity index (χ0n) is 19.3. The highest BCUT2D eigenvalue weighted by atomic mass is 16.6. The number of carbonyl (C=O) groups excluding carboxylic acids is 3. The van der Waals surface area contributed by atoms with Crippen molar-refractivity contribution in [3.63, 3.8) is 0 Å². The Kier molecular flexibility index (Phi) is 6.52. The molecule has 1 saturated carbocycles. The van der Waals surface area contributed by atoms with Gasteiger partial charge in [0.15, 0.2) is 0 Å². The smallest absolute Gasteiger partial charge is 0.342 e. The van der Waals surface area contributed by atoms with Gasteiger partial charge in [-0.3, -0.25) is 0 Å². The molecule has 32 heavy (non-hydrogen) atoms. The standard InChI is InChI=1S/C25H32O7/c1-7-14(3)21(26)30-13-25(29)17-11-12-24(6)18(31-22(27)15(4)8-2)10-9-16(5)19(24)20(17)32-23(25)28/h7-10,17-20,29H,5,11-13H2,1-4,6H3/b14-7-,15-8-/t17-,18+,19-,20+,24+,25-/m1/s1. The fourth-order valence-corrected chi connectivity index (χ4v) is 4.99. The summed E-state index contributed by atoms with van der Waals surface area (Å²) < 4.78 is 16.7. The van der Waals surface area contributed by atoms with Gasteiger partial charge in [-0.1, -0.05) is 31.7 Å². The number of ether oxygens (including phenoxy) is 3. The van der Waals surface area contributed by atoms with Gasteiger partial charge < -0.3 is 19.3 Å². The monoisotopic (exact) mass is 444 g/mol. The first kappa shape index (κ1) is 24.0. The van der Waals surface area contributed by atoms with Gasteiger partial charge in [0.25, 0.3) is 0 Å². The molecule has 1 heterocycles. The molecule has 2 fully saturated rings. The van der Waals surface area contributed by atoms with E-state index in [-0.39, 0.29) is 5.92 Å². The summed E-state index contributed by atoms with van der Waals surface area (Å²) >= 11 is 0. The average molecular weight is 445 g/mol. The van der Waals surface area contributed by atoms with Crippen molar-refractivity contribution in [3.05, 3.63) is 47.6 Å². The van der Waals surface area contributed by atoms with Gasteiger partial charge in [0.1, 0.15) is 18.8 Å². The van der Waals surface area contributed by atoms with Crippen LogP contribution in [0.1, 0.15) is 47.5 Å². The predicted molar refractivity (Wildman–Crippen MR) is 117 cm³/mol. The van der Waals surface area contributed by atoms with Crippen LogP contribution >= 0.6 is 0 Å². The third-order valence-corrected chi connectivity index (χ3v) is 7.34. The van der Waals surface area contributed by atoms with Gasteiger partial charge in [0.05, 0.1) is 0 Å². The van der Waals surface area contributed by atoms with Gasteiger partial charge >= 0.3 is 17.9 Å². The highest BCUT2D eigenvalue weighted by molar-refractivity contribution is 5.89. The highest BCUT2D eigenvalue weighted by Gasteiger charge is 2.66. The SMILES string of the molecule is C=C1C=C[C@H](OC(=O)/C(C)=C\C)[C@]2(C)CC[C@@H]3[C@H](OC(=O)[C@@]3(O)COC(=O)/C(C)=C\C)[C@@H]12. The lowest BCUT2D eigenvalue weighted by Crippen LogP contribution is -2.56. The van der Waals surface area contributed by atoms with Crippen molar-refractivity contribution < 1.29 is 33.7 Å². The van der Waals surface area contributed by atoms with Crippen LogP contribution in [0.15, 0.2) is 47.6 Å². The Labute approximate surface area is 188 Å². The fraction of sp³-hybridized carbons (Fsp3) is 0.560. The summed E-state index contributed by atoms with van der Waals surface area (Å²) in [5, 5.41) is 11.2. The van der Waals surface area contributed by atoms with E-state index in [0.29, 0.717) is 24.0 Å². The van der Waals surface area contributed by atoms with Crippen molar-refractivity contribution in [1.29, 1.82) is 0 Å². The number of carbonyl (C=O) groups is 3. The molecule has 1 N–H and O–H groups in total. The minimum absolute atomic E-state index is 0.346. The number of esters is 3. The van der Waals surface area contributed by atoms with Crippen molar-refractivity contribution in [2.75, 3.05) is 6.61 Å². The lowest BCUT2D eigenvalue weighted by atomic mass is 9.55. The molecule has 1 saturated heterocycles. The van der Waals surface area contributed by atoms with Gasteiger partial charge in [-0.15, -0.1) is 0 Å². The normalized spacial score (nSPS) is 36.8. The average Bonchev–Trinajstić information content (AvgIpc) is 3.02. The molecule has 2 aliphatic carbocycles. The van der Waals surface area contributed by atoms with Crippen molar-refractivity contribution in [2.24, 2.45) is 17.3 Å². The summed E-state index contributed by atoms with van der Waals surface area (Å²) in [7, 11) is 0. The molecule has 0 aromatic carbocycles. The maximum absolute atomic E-state index is 12.8. The Morgan fingerprint density at radius 2 is 1.88 bits per heavy atom. The minimum Gasteiger partial charge on any atom is -0.459 e. The second kappa shape index (κ2) is 8.70. The summed E-state index contributed by atoms with van der Waals surface area (Å²) in [5.74, 6) is -2.70. The molecule has 1 aliphatic heterocycles. The maximum atomic E-state index is 12.8. The Morgan fingerprint density at radius 1 is 1.25 bits per heavy atom.